The minimum Gasteiger partial charge on any atom is -0.469 e. The van der Waals surface area contributed by atoms with E-state index in [-0.39, 0.29) is 0 Å². The van der Waals surface area contributed by atoms with E-state index in [9.17, 15) is 31.1 Å². The average Bonchev–Trinajstić information content (AvgIpc) is 2.35. The Kier molecular flexibility index (Phi) is 5.65. The number of aromatic nitrogens is 1. The zero-order valence-corrected chi connectivity index (χ0v) is 12.4. The van der Waals surface area contributed by atoms with Crippen LogP contribution >= 0.6 is 15.9 Å². The predicted octanol–water partition coefficient (Wildman–Crippen LogP) is 3.61. The van der Waals surface area contributed by atoms with Crippen molar-refractivity contribution in [2.45, 2.75) is 24.3 Å². The molecular weight excluding hydrogens is 388 g/mol. The van der Waals surface area contributed by atoms with Crippen LogP contribution in [0.1, 0.15) is 17.0 Å². The third-order valence-electron chi connectivity index (χ3n) is 2.32. The molecule has 0 amide bonds. The highest BCUT2D eigenvalue weighted by Crippen LogP contribution is 2.36. The van der Waals surface area contributed by atoms with Gasteiger partial charge in [-0.3, -0.25) is 4.79 Å². The van der Waals surface area contributed by atoms with Gasteiger partial charge in [0.05, 0.1) is 19.2 Å². The number of pyridine rings is 1. The van der Waals surface area contributed by atoms with E-state index in [1.807, 2.05) is 0 Å². The van der Waals surface area contributed by atoms with Crippen molar-refractivity contribution in [2.24, 2.45) is 0 Å². The maximum Gasteiger partial charge on any atom is 0.573 e. The van der Waals surface area contributed by atoms with Gasteiger partial charge in [0.25, 0.3) is 0 Å². The third kappa shape index (κ3) is 5.04. The van der Waals surface area contributed by atoms with Crippen molar-refractivity contribution in [3.63, 3.8) is 0 Å². The minimum absolute atomic E-state index is 0.403. The molecule has 1 aromatic rings. The summed E-state index contributed by atoms with van der Waals surface area (Å²) in [4.78, 5) is 14.3. The lowest BCUT2D eigenvalue weighted by molar-refractivity contribution is -0.275. The number of carbonyl (C=O) groups is 1. The molecule has 1 rings (SSSR count). The molecule has 124 valence electrons. The fraction of sp³-hybridized carbons (Fsp3) is 0.455. The number of methoxy groups -OCH3 is 1. The van der Waals surface area contributed by atoms with Gasteiger partial charge in [0.2, 0.25) is 0 Å². The summed E-state index contributed by atoms with van der Waals surface area (Å²) in [6.07, 6.45) is -11.0. The predicted molar refractivity (Wildman–Crippen MR) is 64.3 cm³/mol. The number of alkyl halides is 7. The largest absolute Gasteiger partial charge is 0.573 e. The molecule has 0 bridgehead atoms. The van der Waals surface area contributed by atoms with E-state index in [1.54, 1.807) is 0 Å². The normalized spacial score (nSPS) is 12.2. The molecule has 0 aliphatic rings. The number of hydrogen-bond donors (Lipinski definition) is 0. The standard InChI is InChI=1S/C11H8BrF6NO3/c1-21-8(20)3-5-2-7(22-11(16,17)18)6(4-12)19-9(5)10(13,14)15/h2H,3-4H2,1H3. The van der Waals surface area contributed by atoms with Crippen molar-refractivity contribution in [2.75, 3.05) is 7.11 Å². The van der Waals surface area contributed by atoms with Crippen LogP contribution in [-0.4, -0.2) is 24.4 Å². The maximum absolute atomic E-state index is 12.9. The highest BCUT2D eigenvalue weighted by Gasteiger charge is 2.39. The van der Waals surface area contributed by atoms with E-state index in [4.69, 9.17) is 0 Å². The van der Waals surface area contributed by atoms with Gasteiger partial charge in [-0.05, 0) is 11.6 Å². The summed E-state index contributed by atoms with van der Waals surface area (Å²) < 4.78 is 83.4. The molecule has 1 heterocycles. The Hall–Kier alpha value is -1.52. The number of carbonyl (C=O) groups excluding carboxylic acids is 1. The molecule has 0 atom stereocenters. The second-order valence-electron chi connectivity index (χ2n) is 3.87. The third-order valence-corrected chi connectivity index (χ3v) is 2.86. The van der Waals surface area contributed by atoms with Gasteiger partial charge in [0.1, 0.15) is 5.69 Å². The summed E-state index contributed by atoms with van der Waals surface area (Å²) in [5, 5.41) is -0.403. The van der Waals surface area contributed by atoms with Crippen molar-refractivity contribution < 1.29 is 40.6 Å². The highest BCUT2D eigenvalue weighted by atomic mass is 79.9. The molecule has 0 N–H and O–H groups in total. The Bertz CT molecular complexity index is 558. The van der Waals surface area contributed by atoms with Crippen molar-refractivity contribution in [1.29, 1.82) is 0 Å². The van der Waals surface area contributed by atoms with E-state index in [0.717, 1.165) is 7.11 Å². The number of ether oxygens (including phenoxy) is 2. The van der Waals surface area contributed by atoms with Crippen LogP contribution in [0.2, 0.25) is 0 Å². The fourth-order valence-electron chi connectivity index (χ4n) is 1.49. The number of rotatable bonds is 4. The molecule has 0 saturated heterocycles. The first-order valence-corrected chi connectivity index (χ1v) is 6.58. The Balaban J connectivity index is 3.42. The molecule has 1 aromatic heterocycles. The zero-order valence-electron chi connectivity index (χ0n) is 10.8. The van der Waals surface area contributed by atoms with Gasteiger partial charge in [-0.25, -0.2) is 4.98 Å². The van der Waals surface area contributed by atoms with Crippen LogP contribution < -0.4 is 4.74 Å². The van der Waals surface area contributed by atoms with Crippen LogP contribution in [0.5, 0.6) is 5.75 Å². The molecule has 0 aromatic carbocycles. The molecule has 0 saturated carbocycles. The smallest absolute Gasteiger partial charge is 0.469 e. The molecule has 0 spiro atoms. The first-order valence-electron chi connectivity index (χ1n) is 5.46. The summed E-state index contributed by atoms with van der Waals surface area (Å²) in [6, 6.07) is 0.483. The molecule has 4 nitrogen and oxygen atoms in total. The lowest BCUT2D eigenvalue weighted by Crippen LogP contribution is -2.21. The molecule has 0 aliphatic heterocycles. The second-order valence-corrected chi connectivity index (χ2v) is 4.43. The number of esters is 1. The van der Waals surface area contributed by atoms with Gasteiger partial charge in [-0.1, -0.05) is 15.9 Å². The zero-order chi connectivity index (χ0) is 17.1. The number of hydrogen-bond acceptors (Lipinski definition) is 4. The van der Waals surface area contributed by atoms with Crippen LogP contribution in [-0.2, 0) is 27.5 Å². The highest BCUT2D eigenvalue weighted by molar-refractivity contribution is 9.08. The lowest BCUT2D eigenvalue weighted by atomic mass is 10.1. The van der Waals surface area contributed by atoms with Crippen molar-refractivity contribution in [3.8, 4) is 5.75 Å². The summed E-state index contributed by atoms with van der Waals surface area (Å²) >= 11 is 2.74. The molecule has 22 heavy (non-hydrogen) atoms. The van der Waals surface area contributed by atoms with E-state index < -0.39 is 53.0 Å². The minimum atomic E-state index is -5.11. The summed E-state index contributed by atoms with van der Waals surface area (Å²) in [5.74, 6) is -1.98. The van der Waals surface area contributed by atoms with Crippen LogP contribution in [0.4, 0.5) is 26.3 Å². The van der Waals surface area contributed by atoms with Gasteiger partial charge in [0, 0.05) is 5.33 Å². The molecule has 11 heteroatoms. The summed E-state index contributed by atoms with van der Waals surface area (Å²) in [5.41, 5.74) is -2.84. The van der Waals surface area contributed by atoms with Crippen molar-refractivity contribution in [1.82, 2.24) is 4.98 Å². The molecule has 0 radical (unpaired) electrons. The second kappa shape index (κ2) is 6.71. The Morgan fingerprint density at radius 3 is 2.27 bits per heavy atom. The Morgan fingerprint density at radius 2 is 1.86 bits per heavy atom. The average molecular weight is 396 g/mol. The van der Waals surface area contributed by atoms with E-state index in [2.05, 4.69) is 30.4 Å². The van der Waals surface area contributed by atoms with Gasteiger partial charge in [-0.15, -0.1) is 13.2 Å². The first kappa shape index (κ1) is 18.5. The fourth-order valence-corrected chi connectivity index (χ4v) is 1.89. The molecule has 0 aliphatic carbocycles. The number of nitrogens with zero attached hydrogens (tertiary/aromatic N) is 1. The Morgan fingerprint density at radius 1 is 1.27 bits per heavy atom. The SMILES string of the molecule is COC(=O)Cc1cc(OC(F)(F)F)c(CBr)nc1C(F)(F)F. The number of halogens is 7. The van der Waals surface area contributed by atoms with Crippen molar-refractivity contribution >= 4 is 21.9 Å². The van der Waals surface area contributed by atoms with Gasteiger partial charge >= 0.3 is 18.5 Å². The van der Waals surface area contributed by atoms with Crippen LogP contribution in [0.3, 0.4) is 0 Å². The van der Waals surface area contributed by atoms with Crippen LogP contribution in [0, 0.1) is 0 Å². The van der Waals surface area contributed by atoms with E-state index in [0.29, 0.717) is 6.07 Å². The summed E-state index contributed by atoms with van der Waals surface area (Å²) in [6.45, 7) is 0. The topological polar surface area (TPSA) is 48.4 Å². The molecule has 0 fully saturated rings. The molecular formula is C11H8BrF6NO3. The quantitative estimate of drug-likeness (QED) is 0.444. The molecule has 0 unspecified atom stereocenters. The first-order chi connectivity index (χ1) is 9.97. The van der Waals surface area contributed by atoms with Crippen molar-refractivity contribution in [3.05, 3.63) is 23.0 Å². The maximum atomic E-state index is 12.9. The van der Waals surface area contributed by atoms with Gasteiger partial charge in [-0.2, -0.15) is 13.2 Å². The van der Waals surface area contributed by atoms with Crippen LogP contribution in [0.25, 0.3) is 0 Å². The van der Waals surface area contributed by atoms with E-state index in [1.165, 1.54) is 0 Å². The monoisotopic (exact) mass is 395 g/mol. The van der Waals surface area contributed by atoms with Gasteiger partial charge < -0.3 is 9.47 Å². The summed E-state index contributed by atoms with van der Waals surface area (Å²) in [7, 11) is 0.934. The van der Waals surface area contributed by atoms with E-state index >= 15 is 0 Å². The van der Waals surface area contributed by atoms with Gasteiger partial charge in [0.15, 0.2) is 5.75 Å². The lowest BCUT2D eigenvalue weighted by Gasteiger charge is -2.17. The van der Waals surface area contributed by atoms with Crippen LogP contribution in [0.15, 0.2) is 6.07 Å². The Labute approximate surface area is 128 Å².